The predicted octanol–water partition coefficient (Wildman–Crippen LogP) is 5.43. The monoisotopic (exact) mass is 339 g/mol. The van der Waals surface area contributed by atoms with Gasteiger partial charge in [-0.15, -0.1) is 0 Å². The van der Waals surface area contributed by atoms with E-state index in [4.69, 9.17) is 0 Å². The van der Waals surface area contributed by atoms with Crippen LogP contribution in [0, 0.1) is 5.92 Å². The zero-order valence-electron chi connectivity index (χ0n) is 15.2. The van der Waals surface area contributed by atoms with Gasteiger partial charge in [0.25, 0.3) is 0 Å². The van der Waals surface area contributed by atoms with E-state index in [0.717, 1.165) is 18.0 Å². The Kier molecular flexibility index (Phi) is 7.05. The van der Waals surface area contributed by atoms with Crippen molar-refractivity contribution in [2.24, 2.45) is 5.92 Å². The highest BCUT2D eigenvalue weighted by Crippen LogP contribution is 2.23. The minimum Gasteiger partial charge on any atom is -0.299 e. The standard InChI is InChI=1S/C23H30FN/c24-16-15-21-11-13-23(14-12-21)19-25-17-5-10-22(18-25)9-4-8-20-6-2-1-3-7-20/h1-3,6-7,11-14,22H,4-5,8-10,15-19H2. The molecule has 0 bridgehead atoms. The molecule has 1 aliphatic heterocycles. The van der Waals surface area contributed by atoms with Crippen LogP contribution >= 0.6 is 0 Å². The second-order valence-electron chi connectivity index (χ2n) is 7.38. The van der Waals surface area contributed by atoms with Gasteiger partial charge in [-0.25, -0.2) is 0 Å². The van der Waals surface area contributed by atoms with E-state index in [1.165, 1.54) is 56.3 Å². The average molecular weight is 339 g/mol. The van der Waals surface area contributed by atoms with Crippen LogP contribution in [0.1, 0.15) is 42.4 Å². The maximum Gasteiger partial charge on any atom is 0.0934 e. The Hall–Kier alpha value is -1.67. The Bertz CT molecular complexity index is 608. The molecule has 1 fully saturated rings. The molecular weight excluding hydrogens is 309 g/mol. The van der Waals surface area contributed by atoms with E-state index in [9.17, 15) is 4.39 Å². The van der Waals surface area contributed by atoms with Gasteiger partial charge in [0, 0.05) is 19.5 Å². The molecule has 1 atom stereocenters. The summed E-state index contributed by atoms with van der Waals surface area (Å²) in [5, 5.41) is 0. The van der Waals surface area contributed by atoms with Gasteiger partial charge in [-0.3, -0.25) is 9.29 Å². The number of hydrogen-bond donors (Lipinski definition) is 0. The van der Waals surface area contributed by atoms with Crippen molar-refractivity contribution < 1.29 is 4.39 Å². The number of aryl methyl sites for hydroxylation is 2. The minimum absolute atomic E-state index is 0.268. The summed E-state index contributed by atoms with van der Waals surface area (Å²) >= 11 is 0. The number of benzene rings is 2. The fraction of sp³-hybridized carbons (Fsp3) is 0.478. The first-order chi connectivity index (χ1) is 12.3. The van der Waals surface area contributed by atoms with Crippen molar-refractivity contribution in [2.45, 2.75) is 45.1 Å². The summed E-state index contributed by atoms with van der Waals surface area (Å²) in [5.74, 6) is 0.836. The molecule has 0 radical (unpaired) electrons. The van der Waals surface area contributed by atoms with Gasteiger partial charge in [-0.2, -0.15) is 0 Å². The molecule has 0 N–H and O–H groups in total. The Balaban J connectivity index is 1.43. The number of likely N-dealkylation sites (tertiary alicyclic amines) is 1. The van der Waals surface area contributed by atoms with Crippen molar-refractivity contribution in [3.05, 3.63) is 71.3 Å². The third-order valence-electron chi connectivity index (χ3n) is 5.34. The lowest BCUT2D eigenvalue weighted by molar-refractivity contribution is 0.160. The zero-order chi connectivity index (χ0) is 17.3. The predicted molar refractivity (Wildman–Crippen MR) is 104 cm³/mol. The van der Waals surface area contributed by atoms with Crippen LogP contribution in [0.2, 0.25) is 0 Å². The third-order valence-corrected chi connectivity index (χ3v) is 5.34. The van der Waals surface area contributed by atoms with Gasteiger partial charge >= 0.3 is 0 Å². The smallest absolute Gasteiger partial charge is 0.0934 e. The van der Waals surface area contributed by atoms with Crippen LogP contribution < -0.4 is 0 Å². The van der Waals surface area contributed by atoms with Crippen LogP contribution in [-0.4, -0.2) is 24.7 Å². The Morgan fingerprint density at radius 3 is 2.36 bits per heavy atom. The lowest BCUT2D eigenvalue weighted by Crippen LogP contribution is -2.34. The third kappa shape index (κ3) is 5.97. The molecule has 0 amide bonds. The Morgan fingerprint density at radius 2 is 1.60 bits per heavy atom. The second kappa shape index (κ2) is 9.72. The van der Waals surface area contributed by atoms with E-state index in [-0.39, 0.29) is 6.67 Å². The molecular formula is C23H30FN. The number of hydrogen-bond acceptors (Lipinski definition) is 1. The largest absolute Gasteiger partial charge is 0.299 e. The highest BCUT2D eigenvalue weighted by Gasteiger charge is 2.19. The van der Waals surface area contributed by atoms with Crippen LogP contribution in [0.5, 0.6) is 0 Å². The summed E-state index contributed by atoms with van der Waals surface area (Å²) in [6.45, 7) is 3.20. The lowest BCUT2D eigenvalue weighted by atomic mass is 9.91. The van der Waals surface area contributed by atoms with Gasteiger partial charge in [0.2, 0.25) is 0 Å². The molecule has 1 aliphatic rings. The van der Waals surface area contributed by atoms with Gasteiger partial charge in [0.15, 0.2) is 0 Å². The van der Waals surface area contributed by atoms with E-state index in [1.54, 1.807) is 0 Å². The van der Waals surface area contributed by atoms with Gasteiger partial charge in [0.1, 0.15) is 0 Å². The van der Waals surface area contributed by atoms with Gasteiger partial charge in [-0.05, 0) is 61.3 Å². The molecule has 1 saturated heterocycles. The van der Waals surface area contributed by atoms with E-state index >= 15 is 0 Å². The highest BCUT2D eigenvalue weighted by atomic mass is 19.1. The number of alkyl halides is 1. The second-order valence-corrected chi connectivity index (χ2v) is 7.38. The molecule has 25 heavy (non-hydrogen) atoms. The summed E-state index contributed by atoms with van der Waals surface area (Å²) in [5.41, 5.74) is 3.92. The zero-order valence-corrected chi connectivity index (χ0v) is 15.2. The van der Waals surface area contributed by atoms with Crippen molar-refractivity contribution >= 4 is 0 Å². The fourth-order valence-electron chi connectivity index (χ4n) is 3.95. The van der Waals surface area contributed by atoms with Crippen LogP contribution in [-0.2, 0) is 19.4 Å². The molecule has 3 rings (SSSR count). The molecule has 1 heterocycles. The Labute approximate surface area is 151 Å². The summed E-state index contributed by atoms with van der Waals surface area (Å²) in [6, 6.07) is 19.3. The number of piperidine rings is 1. The van der Waals surface area contributed by atoms with Gasteiger partial charge in [0.05, 0.1) is 6.67 Å². The summed E-state index contributed by atoms with van der Waals surface area (Å²) in [6.07, 6.45) is 7.05. The van der Waals surface area contributed by atoms with Crippen molar-refractivity contribution in [2.75, 3.05) is 19.8 Å². The van der Waals surface area contributed by atoms with Crippen LogP contribution in [0.4, 0.5) is 4.39 Å². The van der Waals surface area contributed by atoms with E-state index in [0.29, 0.717) is 6.42 Å². The quantitative estimate of drug-likeness (QED) is 0.619. The normalized spacial score (nSPS) is 18.4. The number of rotatable bonds is 8. The minimum atomic E-state index is -0.268. The molecule has 0 saturated carbocycles. The molecule has 2 heteroatoms. The molecule has 1 unspecified atom stereocenters. The fourth-order valence-corrected chi connectivity index (χ4v) is 3.95. The van der Waals surface area contributed by atoms with E-state index < -0.39 is 0 Å². The van der Waals surface area contributed by atoms with E-state index in [2.05, 4.69) is 59.5 Å². The van der Waals surface area contributed by atoms with Crippen molar-refractivity contribution in [1.29, 1.82) is 0 Å². The van der Waals surface area contributed by atoms with E-state index in [1.807, 2.05) is 0 Å². The van der Waals surface area contributed by atoms with Crippen molar-refractivity contribution in [1.82, 2.24) is 4.90 Å². The molecule has 2 aromatic carbocycles. The highest BCUT2D eigenvalue weighted by molar-refractivity contribution is 5.22. The van der Waals surface area contributed by atoms with Crippen LogP contribution in [0.3, 0.4) is 0 Å². The summed E-state index contributed by atoms with van der Waals surface area (Å²) < 4.78 is 12.4. The SMILES string of the molecule is FCCc1ccc(CN2CCCC(CCCc3ccccc3)C2)cc1. The average Bonchev–Trinajstić information content (AvgIpc) is 2.65. The molecule has 0 aromatic heterocycles. The number of halogens is 1. The number of nitrogens with zero attached hydrogens (tertiary/aromatic N) is 1. The molecule has 2 aromatic rings. The van der Waals surface area contributed by atoms with Crippen LogP contribution in [0.25, 0.3) is 0 Å². The molecule has 0 spiro atoms. The lowest BCUT2D eigenvalue weighted by Gasteiger charge is -2.33. The topological polar surface area (TPSA) is 3.24 Å². The molecule has 0 aliphatic carbocycles. The van der Waals surface area contributed by atoms with Crippen molar-refractivity contribution in [3.8, 4) is 0 Å². The summed E-state index contributed by atoms with van der Waals surface area (Å²) in [4.78, 5) is 2.60. The first kappa shape index (κ1) is 18.1. The first-order valence-electron chi connectivity index (χ1n) is 9.73. The molecule has 1 nitrogen and oxygen atoms in total. The summed E-state index contributed by atoms with van der Waals surface area (Å²) in [7, 11) is 0. The van der Waals surface area contributed by atoms with Gasteiger partial charge in [-0.1, -0.05) is 54.6 Å². The maximum atomic E-state index is 12.4. The Morgan fingerprint density at radius 1 is 0.880 bits per heavy atom. The van der Waals surface area contributed by atoms with Crippen LogP contribution in [0.15, 0.2) is 54.6 Å². The van der Waals surface area contributed by atoms with Crippen molar-refractivity contribution in [3.63, 3.8) is 0 Å². The van der Waals surface area contributed by atoms with Gasteiger partial charge < -0.3 is 0 Å². The first-order valence-corrected chi connectivity index (χ1v) is 9.73. The molecule has 134 valence electrons. The maximum absolute atomic E-state index is 12.4.